The number of esters is 1. The number of methoxy groups -OCH3 is 1. The zero-order valence-corrected chi connectivity index (χ0v) is 8.84. The molecule has 0 aliphatic heterocycles. The molecule has 0 aliphatic rings. The molecule has 16 heavy (non-hydrogen) atoms. The maximum atomic E-state index is 11.5. The standard InChI is InChI=1S/C10H13N3O3/c1-16-8(14)6-13-10(15)9(11)7-2-4-12-5-3-7/h2-5,9H,6,11H2,1H3,(H,13,15). The summed E-state index contributed by atoms with van der Waals surface area (Å²) < 4.78 is 4.38. The highest BCUT2D eigenvalue weighted by Crippen LogP contribution is 2.07. The van der Waals surface area contributed by atoms with Gasteiger partial charge in [0.15, 0.2) is 0 Å². The predicted molar refractivity (Wildman–Crippen MR) is 56.2 cm³/mol. The summed E-state index contributed by atoms with van der Waals surface area (Å²) in [4.78, 5) is 26.1. The maximum Gasteiger partial charge on any atom is 0.325 e. The van der Waals surface area contributed by atoms with Crippen molar-refractivity contribution < 1.29 is 14.3 Å². The number of nitrogens with two attached hydrogens (primary N) is 1. The molecule has 0 radical (unpaired) electrons. The molecule has 3 N–H and O–H groups in total. The van der Waals surface area contributed by atoms with Gasteiger partial charge in [-0.2, -0.15) is 0 Å². The number of nitrogens with one attached hydrogen (secondary N) is 1. The Morgan fingerprint density at radius 3 is 2.69 bits per heavy atom. The van der Waals surface area contributed by atoms with E-state index < -0.39 is 17.9 Å². The van der Waals surface area contributed by atoms with Gasteiger partial charge < -0.3 is 15.8 Å². The molecule has 1 amide bonds. The molecule has 1 unspecified atom stereocenters. The first-order chi connectivity index (χ1) is 7.65. The SMILES string of the molecule is COC(=O)CNC(=O)C(N)c1ccncc1. The molecule has 86 valence electrons. The van der Waals surface area contributed by atoms with Crippen LogP contribution in [0.4, 0.5) is 0 Å². The van der Waals surface area contributed by atoms with Crippen molar-refractivity contribution in [1.29, 1.82) is 0 Å². The Balaban J connectivity index is 2.52. The summed E-state index contributed by atoms with van der Waals surface area (Å²) in [5.74, 6) is -0.952. The molecule has 6 heteroatoms. The third-order valence-corrected chi connectivity index (χ3v) is 1.98. The minimum atomic E-state index is -0.812. The second kappa shape index (κ2) is 5.82. The van der Waals surface area contributed by atoms with Crippen molar-refractivity contribution in [2.75, 3.05) is 13.7 Å². The summed E-state index contributed by atoms with van der Waals surface area (Å²) in [5.41, 5.74) is 6.31. The average molecular weight is 223 g/mol. The normalized spacial score (nSPS) is 11.6. The highest BCUT2D eigenvalue weighted by Gasteiger charge is 2.16. The van der Waals surface area contributed by atoms with Gasteiger partial charge in [0.2, 0.25) is 5.91 Å². The number of ether oxygens (including phenoxy) is 1. The first kappa shape index (κ1) is 12.1. The minimum Gasteiger partial charge on any atom is -0.468 e. The van der Waals surface area contributed by atoms with Crippen molar-refractivity contribution >= 4 is 11.9 Å². The van der Waals surface area contributed by atoms with Gasteiger partial charge in [-0.05, 0) is 17.7 Å². The fourth-order valence-corrected chi connectivity index (χ4v) is 1.06. The second-order valence-electron chi connectivity index (χ2n) is 3.05. The molecule has 1 aromatic rings. The largest absolute Gasteiger partial charge is 0.468 e. The zero-order valence-electron chi connectivity index (χ0n) is 8.84. The number of carbonyl (C=O) groups excluding carboxylic acids is 2. The van der Waals surface area contributed by atoms with Crippen LogP contribution in [0.5, 0.6) is 0 Å². The summed E-state index contributed by atoms with van der Waals surface area (Å²) in [6.45, 7) is -0.186. The number of hydrogen-bond donors (Lipinski definition) is 2. The minimum absolute atomic E-state index is 0.186. The molecule has 1 heterocycles. The van der Waals surface area contributed by atoms with Gasteiger partial charge in [-0.25, -0.2) is 0 Å². The quantitative estimate of drug-likeness (QED) is 0.663. The van der Waals surface area contributed by atoms with E-state index in [1.807, 2.05) is 0 Å². The summed E-state index contributed by atoms with van der Waals surface area (Å²) >= 11 is 0. The lowest BCUT2D eigenvalue weighted by Crippen LogP contribution is -2.37. The molecule has 1 atom stereocenters. The summed E-state index contributed by atoms with van der Waals surface area (Å²) in [6, 6.07) is 2.47. The van der Waals surface area contributed by atoms with Gasteiger partial charge >= 0.3 is 5.97 Å². The number of rotatable bonds is 4. The Morgan fingerprint density at radius 2 is 2.12 bits per heavy atom. The topological polar surface area (TPSA) is 94.3 Å². The fourth-order valence-electron chi connectivity index (χ4n) is 1.06. The number of amides is 1. The van der Waals surface area contributed by atoms with Crippen LogP contribution < -0.4 is 11.1 Å². The van der Waals surface area contributed by atoms with Crippen LogP contribution in [-0.4, -0.2) is 30.5 Å². The molecule has 0 aliphatic carbocycles. The average Bonchev–Trinajstić information content (AvgIpc) is 2.35. The number of pyridine rings is 1. The van der Waals surface area contributed by atoms with Gasteiger partial charge in [0, 0.05) is 12.4 Å². The summed E-state index contributed by atoms with van der Waals surface area (Å²) in [5, 5.41) is 2.37. The van der Waals surface area contributed by atoms with Crippen LogP contribution in [0.2, 0.25) is 0 Å². The van der Waals surface area contributed by atoms with E-state index in [1.54, 1.807) is 24.5 Å². The smallest absolute Gasteiger partial charge is 0.325 e. The van der Waals surface area contributed by atoms with E-state index in [0.29, 0.717) is 5.56 Å². The Morgan fingerprint density at radius 1 is 1.50 bits per heavy atom. The van der Waals surface area contributed by atoms with Crippen LogP contribution >= 0.6 is 0 Å². The summed E-state index contributed by atoms with van der Waals surface area (Å²) in [6.07, 6.45) is 3.09. The Labute approximate surface area is 92.8 Å². The van der Waals surface area contributed by atoms with Crippen molar-refractivity contribution in [1.82, 2.24) is 10.3 Å². The van der Waals surface area contributed by atoms with Crippen molar-refractivity contribution in [3.8, 4) is 0 Å². The van der Waals surface area contributed by atoms with Crippen LogP contribution in [0.15, 0.2) is 24.5 Å². The molecule has 1 rings (SSSR count). The fraction of sp³-hybridized carbons (Fsp3) is 0.300. The number of nitrogens with zero attached hydrogens (tertiary/aromatic N) is 1. The van der Waals surface area contributed by atoms with E-state index in [4.69, 9.17) is 5.73 Å². The molecule has 0 aromatic carbocycles. The molecule has 0 saturated heterocycles. The van der Waals surface area contributed by atoms with E-state index in [2.05, 4.69) is 15.0 Å². The lowest BCUT2D eigenvalue weighted by Gasteiger charge is -2.11. The van der Waals surface area contributed by atoms with E-state index in [9.17, 15) is 9.59 Å². The molecule has 0 spiro atoms. The lowest BCUT2D eigenvalue weighted by atomic mass is 10.1. The Bertz CT molecular complexity index is 367. The maximum absolute atomic E-state index is 11.5. The van der Waals surface area contributed by atoms with Crippen LogP contribution in [0, 0.1) is 0 Å². The van der Waals surface area contributed by atoms with Crippen LogP contribution in [0.3, 0.4) is 0 Å². The van der Waals surface area contributed by atoms with Gasteiger partial charge in [0.25, 0.3) is 0 Å². The number of aromatic nitrogens is 1. The molecule has 0 fully saturated rings. The van der Waals surface area contributed by atoms with Crippen LogP contribution in [0.25, 0.3) is 0 Å². The molecular formula is C10H13N3O3. The van der Waals surface area contributed by atoms with E-state index in [0.717, 1.165) is 0 Å². The monoisotopic (exact) mass is 223 g/mol. The van der Waals surface area contributed by atoms with Crippen molar-refractivity contribution in [2.45, 2.75) is 6.04 Å². The van der Waals surface area contributed by atoms with Crippen molar-refractivity contribution in [3.63, 3.8) is 0 Å². The second-order valence-corrected chi connectivity index (χ2v) is 3.05. The Kier molecular flexibility index (Phi) is 4.41. The molecular weight excluding hydrogens is 210 g/mol. The van der Waals surface area contributed by atoms with E-state index in [-0.39, 0.29) is 6.54 Å². The van der Waals surface area contributed by atoms with Gasteiger partial charge in [0.05, 0.1) is 7.11 Å². The number of hydrogen-bond acceptors (Lipinski definition) is 5. The van der Waals surface area contributed by atoms with Crippen molar-refractivity contribution in [2.24, 2.45) is 5.73 Å². The molecule has 1 aromatic heterocycles. The predicted octanol–water partition coefficient (Wildman–Crippen LogP) is -0.629. The number of carbonyl (C=O) groups is 2. The lowest BCUT2D eigenvalue weighted by molar-refractivity contribution is -0.141. The molecule has 6 nitrogen and oxygen atoms in total. The third kappa shape index (κ3) is 3.32. The highest BCUT2D eigenvalue weighted by molar-refractivity contribution is 5.86. The zero-order chi connectivity index (χ0) is 12.0. The Hall–Kier alpha value is -1.95. The van der Waals surface area contributed by atoms with E-state index in [1.165, 1.54) is 7.11 Å². The van der Waals surface area contributed by atoms with Gasteiger partial charge in [-0.3, -0.25) is 14.6 Å². The highest BCUT2D eigenvalue weighted by atomic mass is 16.5. The van der Waals surface area contributed by atoms with Crippen LogP contribution in [0.1, 0.15) is 11.6 Å². The first-order valence-electron chi connectivity index (χ1n) is 4.65. The molecule has 0 bridgehead atoms. The van der Waals surface area contributed by atoms with Crippen LogP contribution in [-0.2, 0) is 14.3 Å². The first-order valence-corrected chi connectivity index (χ1v) is 4.65. The third-order valence-electron chi connectivity index (χ3n) is 1.98. The van der Waals surface area contributed by atoms with E-state index >= 15 is 0 Å². The van der Waals surface area contributed by atoms with Crippen molar-refractivity contribution in [3.05, 3.63) is 30.1 Å². The summed E-state index contributed by atoms with van der Waals surface area (Å²) in [7, 11) is 1.25. The van der Waals surface area contributed by atoms with Gasteiger partial charge in [-0.1, -0.05) is 0 Å². The van der Waals surface area contributed by atoms with Gasteiger partial charge in [-0.15, -0.1) is 0 Å². The molecule has 0 saturated carbocycles. The van der Waals surface area contributed by atoms with Gasteiger partial charge in [0.1, 0.15) is 12.6 Å².